The summed E-state index contributed by atoms with van der Waals surface area (Å²) < 4.78 is 10.2. The minimum Gasteiger partial charge on any atom is -0.497 e. The Balaban J connectivity index is 0.000000791. The number of nitrogens with one attached hydrogen (secondary N) is 1. The number of methoxy groups -OCH3 is 2. The summed E-state index contributed by atoms with van der Waals surface area (Å²) in [6.07, 6.45) is 0. The molecule has 1 aromatic rings. The van der Waals surface area contributed by atoms with Crippen molar-refractivity contribution in [2.75, 3.05) is 26.6 Å². The van der Waals surface area contributed by atoms with E-state index in [1.54, 1.807) is 14.2 Å². The molecule has 0 aliphatic carbocycles. The number of ether oxygens (including phenoxy) is 2. The molecule has 0 aliphatic heterocycles. The first kappa shape index (κ1) is 12.6. The van der Waals surface area contributed by atoms with Crippen LogP contribution in [0.4, 0.5) is 5.69 Å². The number of rotatable bonds is 3. The second-order valence-corrected chi connectivity index (χ2v) is 2.35. The topological polar surface area (TPSA) is 30.5 Å². The lowest BCUT2D eigenvalue weighted by molar-refractivity contribution is 0.395. The molecule has 0 amide bonds. The monoisotopic (exact) mass is 197 g/mol. The van der Waals surface area contributed by atoms with Crippen molar-refractivity contribution in [3.63, 3.8) is 0 Å². The zero-order valence-corrected chi connectivity index (χ0v) is 9.55. The summed E-state index contributed by atoms with van der Waals surface area (Å²) >= 11 is 0. The van der Waals surface area contributed by atoms with Crippen molar-refractivity contribution < 1.29 is 9.47 Å². The van der Waals surface area contributed by atoms with E-state index in [0.29, 0.717) is 0 Å². The standard InChI is InChI=1S/C9H13NO2.C2H6/c1-10-7-4-8(11-2)6-9(5-7)12-3;1-2/h4-6,10H,1-3H3;1-2H3. The van der Waals surface area contributed by atoms with Crippen molar-refractivity contribution in [1.82, 2.24) is 0 Å². The maximum atomic E-state index is 5.08. The van der Waals surface area contributed by atoms with Crippen LogP contribution in [0, 0.1) is 0 Å². The number of hydrogen-bond acceptors (Lipinski definition) is 3. The van der Waals surface area contributed by atoms with E-state index in [0.717, 1.165) is 17.2 Å². The van der Waals surface area contributed by atoms with Crippen LogP contribution in [0.15, 0.2) is 18.2 Å². The summed E-state index contributed by atoms with van der Waals surface area (Å²) in [5.41, 5.74) is 0.978. The summed E-state index contributed by atoms with van der Waals surface area (Å²) in [5.74, 6) is 1.58. The molecule has 0 atom stereocenters. The van der Waals surface area contributed by atoms with Crippen molar-refractivity contribution in [2.24, 2.45) is 0 Å². The van der Waals surface area contributed by atoms with Crippen molar-refractivity contribution in [2.45, 2.75) is 13.8 Å². The molecule has 14 heavy (non-hydrogen) atoms. The van der Waals surface area contributed by atoms with Gasteiger partial charge in [-0.3, -0.25) is 0 Å². The zero-order chi connectivity index (χ0) is 11.0. The average Bonchev–Trinajstić information content (AvgIpc) is 2.30. The molecule has 80 valence electrons. The first-order chi connectivity index (χ1) is 6.80. The van der Waals surface area contributed by atoms with Gasteiger partial charge >= 0.3 is 0 Å². The van der Waals surface area contributed by atoms with Crippen LogP contribution >= 0.6 is 0 Å². The highest BCUT2D eigenvalue weighted by molar-refractivity contribution is 5.53. The first-order valence-electron chi connectivity index (χ1n) is 4.71. The van der Waals surface area contributed by atoms with Crippen molar-refractivity contribution in [1.29, 1.82) is 0 Å². The molecule has 3 heteroatoms. The molecule has 0 heterocycles. The molecule has 0 unspecified atom stereocenters. The predicted molar refractivity (Wildman–Crippen MR) is 60.4 cm³/mol. The van der Waals surface area contributed by atoms with Crippen LogP contribution in [-0.2, 0) is 0 Å². The Labute approximate surface area is 86.0 Å². The molecule has 1 aromatic carbocycles. The minimum atomic E-state index is 0.790. The van der Waals surface area contributed by atoms with Gasteiger partial charge in [0.05, 0.1) is 14.2 Å². The molecular weight excluding hydrogens is 178 g/mol. The molecular formula is C11H19NO2. The van der Waals surface area contributed by atoms with Gasteiger partial charge in [-0.2, -0.15) is 0 Å². The Hall–Kier alpha value is -1.38. The Morgan fingerprint density at radius 2 is 1.36 bits per heavy atom. The predicted octanol–water partition coefficient (Wildman–Crippen LogP) is 2.77. The smallest absolute Gasteiger partial charge is 0.124 e. The lowest BCUT2D eigenvalue weighted by Gasteiger charge is -2.07. The molecule has 0 saturated carbocycles. The highest BCUT2D eigenvalue weighted by atomic mass is 16.5. The van der Waals surface area contributed by atoms with Crippen LogP contribution in [0.25, 0.3) is 0 Å². The van der Waals surface area contributed by atoms with Crippen LogP contribution < -0.4 is 14.8 Å². The van der Waals surface area contributed by atoms with E-state index in [-0.39, 0.29) is 0 Å². The van der Waals surface area contributed by atoms with Gasteiger partial charge in [0.2, 0.25) is 0 Å². The molecule has 0 spiro atoms. The maximum Gasteiger partial charge on any atom is 0.124 e. The van der Waals surface area contributed by atoms with E-state index in [1.165, 1.54) is 0 Å². The third-order valence-electron chi connectivity index (χ3n) is 1.64. The van der Waals surface area contributed by atoms with Gasteiger partial charge in [-0.1, -0.05) is 13.8 Å². The van der Waals surface area contributed by atoms with E-state index in [1.807, 2.05) is 39.1 Å². The van der Waals surface area contributed by atoms with E-state index in [2.05, 4.69) is 5.32 Å². The zero-order valence-electron chi connectivity index (χ0n) is 9.55. The minimum absolute atomic E-state index is 0.790. The number of anilines is 1. The summed E-state index contributed by atoms with van der Waals surface area (Å²) in [6.45, 7) is 4.00. The Morgan fingerprint density at radius 1 is 0.929 bits per heavy atom. The first-order valence-corrected chi connectivity index (χ1v) is 4.71. The summed E-state index contributed by atoms with van der Waals surface area (Å²) in [7, 11) is 5.12. The molecule has 0 aromatic heterocycles. The molecule has 1 N–H and O–H groups in total. The fraction of sp³-hybridized carbons (Fsp3) is 0.455. The molecule has 0 aliphatic rings. The highest BCUT2D eigenvalue weighted by Gasteiger charge is 1.98. The van der Waals surface area contributed by atoms with Crippen LogP contribution in [0.1, 0.15) is 13.8 Å². The van der Waals surface area contributed by atoms with Gasteiger partial charge in [-0.05, 0) is 0 Å². The van der Waals surface area contributed by atoms with Gasteiger partial charge in [-0.15, -0.1) is 0 Å². The van der Waals surface area contributed by atoms with Gasteiger partial charge < -0.3 is 14.8 Å². The summed E-state index contributed by atoms with van der Waals surface area (Å²) in [4.78, 5) is 0. The maximum absolute atomic E-state index is 5.08. The highest BCUT2D eigenvalue weighted by Crippen LogP contribution is 2.24. The van der Waals surface area contributed by atoms with E-state index < -0.39 is 0 Å². The largest absolute Gasteiger partial charge is 0.497 e. The van der Waals surface area contributed by atoms with Gasteiger partial charge in [0, 0.05) is 30.9 Å². The molecule has 0 bridgehead atoms. The SMILES string of the molecule is CC.CNc1cc(OC)cc(OC)c1. The van der Waals surface area contributed by atoms with E-state index >= 15 is 0 Å². The van der Waals surface area contributed by atoms with Gasteiger partial charge in [0.1, 0.15) is 11.5 Å². The molecule has 1 rings (SSSR count). The Bertz CT molecular complexity index is 206. The third-order valence-corrected chi connectivity index (χ3v) is 1.64. The number of benzene rings is 1. The van der Waals surface area contributed by atoms with Crippen LogP contribution in [-0.4, -0.2) is 21.3 Å². The molecule has 0 saturated heterocycles. The van der Waals surface area contributed by atoms with E-state index in [4.69, 9.17) is 9.47 Å². The van der Waals surface area contributed by atoms with Crippen molar-refractivity contribution >= 4 is 5.69 Å². The Kier molecular flexibility index (Phi) is 6.37. The van der Waals surface area contributed by atoms with Crippen LogP contribution in [0.5, 0.6) is 11.5 Å². The fourth-order valence-corrected chi connectivity index (χ4v) is 0.952. The number of hydrogen-bond donors (Lipinski definition) is 1. The third kappa shape index (κ3) is 3.56. The lowest BCUT2D eigenvalue weighted by atomic mass is 10.3. The van der Waals surface area contributed by atoms with Gasteiger partial charge in [-0.25, -0.2) is 0 Å². The van der Waals surface area contributed by atoms with Gasteiger partial charge in [0.15, 0.2) is 0 Å². The second-order valence-electron chi connectivity index (χ2n) is 2.35. The summed E-state index contributed by atoms with van der Waals surface area (Å²) in [6, 6.07) is 5.64. The van der Waals surface area contributed by atoms with Crippen LogP contribution in [0.2, 0.25) is 0 Å². The van der Waals surface area contributed by atoms with Gasteiger partial charge in [0.25, 0.3) is 0 Å². The van der Waals surface area contributed by atoms with E-state index in [9.17, 15) is 0 Å². The Morgan fingerprint density at radius 3 is 1.64 bits per heavy atom. The molecule has 0 radical (unpaired) electrons. The molecule has 3 nitrogen and oxygen atoms in total. The van der Waals surface area contributed by atoms with Crippen molar-refractivity contribution in [3.8, 4) is 11.5 Å². The van der Waals surface area contributed by atoms with Crippen molar-refractivity contribution in [3.05, 3.63) is 18.2 Å². The average molecular weight is 197 g/mol. The summed E-state index contributed by atoms with van der Waals surface area (Å²) in [5, 5.41) is 3.02. The quantitative estimate of drug-likeness (QED) is 0.808. The normalized spacial score (nSPS) is 8.36. The fourth-order valence-electron chi connectivity index (χ4n) is 0.952. The molecule has 0 fully saturated rings. The lowest BCUT2D eigenvalue weighted by Crippen LogP contribution is -1.92. The second kappa shape index (κ2) is 7.06. The van der Waals surface area contributed by atoms with Crippen LogP contribution in [0.3, 0.4) is 0 Å².